The van der Waals surface area contributed by atoms with Crippen molar-refractivity contribution in [3.8, 4) is 0 Å². The molecule has 7 heteroatoms. The summed E-state index contributed by atoms with van der Waals surface area (Å²) in [6, 6.07) is 15.4. The molecule has 160 valence electrons. The molecule has 6 nitrogen and oxygen atoms in total. The van der Waals surface area contributed by atoms with Gasteiger partial charge in [0.2, 0.25) is 11.8 Å². The highest BCUT2D eigenvalue weighted by atomic mass is 32.2. The van der Waals surface area contributed by atoms with Crippen LogP contribution in [0.15, 0.2) is 53.4 Å². The number of nitrogens with zero attached hydrogens (tertiary/aromatic N) is 1. The molecule has 1 heterocycles. The number of rotatable bonds is 7. The average Bonchev–Trinajstić information content (AvgIpc) is 3.12. The highest BCUT2D eigenvalue weighted by Crippen LogP contribution is 2.32. The third kappa shape index (κ3) is 4.82. The molecule has 0 saturated heterocycles. The maximum absolute atomic E-state index is 13.1. The van der Waals surface area contributed by atoms with Crippen LogP contribution in [0.4, 0.5) is 5.69 Å². The summed E-state index contributed by atoms with van der Waals surface area (Å²) < 4.78 is 1.91. The van der Waals surface area contributed by atoms with E-state index in [-0.39, 0.29) is 24.7 Å². The van der Waals surface area contributed by atoms with Gasteiger partial charge in [-0.15, -0.1) is 11.8 Å². The lowest BCUT2D eigenvalue weighted by atomic mass is 9.96. The predicted molar refractivity (Wildman–Crippen MR) is 122 cm³/mol. The van der Waals surface area contributed by atoms with Crippen LogP contribution in [0, 0.1) is 0 Å². The largest absolute Gasteiger partial charge is 0.481 e. The molecule has 1 aliphatic rings. The number of para-hydroxylation sites is 1. The number of carbonyl (C=O) groups excluding carboxylic acids is 2. The van der Waals surface area contributed by atoms with E-state index in [1.807, 2.05) is 34.9 Å². The van der Waals surface area contributed by atoms with Crippen LogP contribution in [-0.4, -0.2) is 33.2 Å². The van der Waals surface area contributed by atoms with Crippen LogP contribution in [0.3, 0.4) is 0 Å². The molecule has 31 heavy (non-hydrogen) atoms. The van der Waals surface area contributed by atoms with Crippen LogP contribution in [0.25, 0.3) is 10.9 Å². The second-order valence-electron chi connectivity index (χ2n) is 7.63. The zero-order valence-electron chi connectivity index (χ0n) is 17.1. The van der Waals surface area contributed by atoms with Crippen LogP contribution in [-0.2, 0) is 22.4 Å². The summed E-state index contributed by atoms with van der Waals surface area (Å²) in [6.45, 7) is 0. The number of thioether (sulfide) groups is 1. The second-order valence-corrected chi connectivity index (χ2v) is 8.68. The van der Waals surface area contributed by atoms with Gasteiger partial charge in [-0.25, -0.2) is 0 Å². The van der Waals surface area contributed by atoms with Gasteiger partial charge >= 0.3 is 5.97 Å². The third-order valence-electron chi connectivity index (χ3n) is 5.49. The first-order valence-corrected chi connectivity index (χ1v) is 11.4. The Morgan fingerprint density at radius 1 is 0.968 bits per heavy atom. The van der Waals surface area contributed by atoms with E-state index in [0.717, 1.165) is 35.4 Å². The lowest BCUT2D eigenvalue weighted by Crippen LogP contribution is -2.18. The summed E-state index contributed by atoms with van der Waals surface area (Å²) in [5, 5.41) is 12.5. The molecule has 0 fully saturated rings. The van der Waals surface area contributed by atoms with Gasteiger partial charge in [0.1, 0.15) is 0 Å². The number of carboxylic acid groups (broad SMARTS) is 1. The summed E-state index contributed by atoms with van der Waals surface area (Å²) in [5.41, 5.74) is 4.09. The van der Waals surface area contributed by atoms with E-state index in [9.17, 15) is 14.4 Å². The van der Waals surface area contributed by atoms with Crippen molar-refractivity contribution in [2.45, 2.75) is 43.4 Å². The maximum atomic E-state index is 13.1. The highest BCUT2D eigenvalue weighted by molar-refractivity contribution is 8.00. The van der Waals surface area contributed by atoms with E-state index in [2.05, 4.69) is 11.4 Å². The van der Waals surface area contributed by atoms with Crippen molar-refractivity contribution in [3.05, 3.63) is 59.8 Å². The molecule has 0 radical (unpaired) electrons. The van der Waals surface area contributed by atoms with Gasteiger partial charge < -0.3 is 10.4 Å². The van der Waals surface area contributed by atoms with E-state index in [0.29, 0.717) is 11.4 Å². The lowest BCUT2D eigenvalue weighted by molar-refractivity contribution is -0.138. The van der Waals surface area contributed by atoms with Crippen LogP contribution >= 0.6 is 11.8 Å². The lowest BCUT2D eigenvalue weighted by Gasteiger charge is -2.15. The Balaban J connectivity index is 1.42. The summed E-state index contributed by atoms with van der Waals surface area (Å²) in [4.78, 5) is 36.4. The summed E-state index contributed by atoms with van der Waals surface area (Å²) >= 11 is 1.47. The number of anilines is 1. The van der Waals surface area contributed by atoms with Crippen molar-refractivity contribution < 1.29 is 19.5 Å². The van der Waals surface area contributed by atoms with Crippen molar-refractivity contribution in [2.75, 3.05) is 11.1 Å². The second kappa shape index (κ2) is 9.39. The Bertz CT molecular complexity index is 1130. The Morgan fingerprint density at radius 3 is 2.48 bits per heavy atom. The van der Waals surface area contributed by atoms with Crippen LogP contribution < -0.4 is 5.32 Å². The first-order chi connectivity index (χ1) is 15.0. The summed E-state index contributed by atoms with van der Waals surface area (Å²) in [5.74, 6) is -0.920. The quantitative estimate of drug-likeness (QED) is 0.522. The molecule has 1 amide bonds. The molecule has 2 N–H and O–H groups in total. The van der Waals surface area contributed by atoms with Crippen LogP contribution in [0.2, 0.25) is 0 Å². The molecular formula is C24H24N2O4S. The zero-order valence-corrected chi connectivity index (χ0v) is 17.9. The standard InChI is InChI=1S/C24H24N2O4S/c27-22(13-14-24(29)30)25-16-9-11-17(12-10-16)31-15-23(28)26-20-7-3-1-5-18(20)19-6-2-4-8-21(19)26/h1,3,5,7,9-12H,2,4,6,8,13-15H2,(H,25,27)(H,29,30). The Kier molecular flexibility index (Phi) is 6.42. The normalized spacial score (nSPS) is 13.0. The number of carboxylic acids is 1. The summed E-state index contributed by atoms with van der Waals surface area (Å²) in [6.07, 6.45) is 4.00. The van der Waals surface area contributed by atoms with E-state index >= 15 is 0 Å². The van der Waals surface area contributed by atoms with Crippen LogP contribution in [0.1, 0.15) is 41.7 Å². The first kappa shape index (κ1) is 21.2. The molecule has 0 bridgehead atoms. The minimum atomic E-state index is -0.997. The first-order valence-electron chi connectivity index (χ1n) is 10.4. The third-order valence-corrected chi connectivity index (χ3v) is 6.49. The molecule has 0 unspecified atom stereocenters. The van der Waals surface area contributed by atoms with Gasteiger partial charge in [0.05, 0.1) is 17.7 Å². The van der Waals surface area contributed by atoms with Crippen molar-refractivity contribution in [3.63, 3.8) is 0 Å². The number of hydrogen-bond donors (Lipinski definition) is 2. The van der Waals surface area contributed by atoms with Gasteiger partial charge in [-0.3, -0.25) is 19.0 Å². The molecule has 4 rings (SSSR count). The van der Waals surface area contributed by atoms with E-state index in [1.165, 1.54) is 29.1 Å². The number of nitrogens with one attached hydrogen (secondary N) is 1. The number of amides is 1. The minimum absolute atomic E-state index is 0.0600. The molecule has 0 atom stereocenters. The van der Waals surface area contributed by atoms with Crippen LogP contribution in [0.5, 0.6) is 0 Å². The van der Waals surface area contributed by atoms with E-state index in [1.54, 1.807) is 12.1 Å². The molecule has 2 aromatic carbocycles. The van der Waals surface area contributed by atoms with E-state index in [4.69, 9.17) is 5.11 Å². The minimum Gasteiger partial charge on any atom is -0.481 e. The molecular weight excluding hydrogens is 412 g/mol. The van der Waals surface area contributed by atoms with Crippen molar-refractivity contribution >= 4 is 46.1 Å². The summed E-state index contributed by atoms with van der Waals surface area (Å²) in [7, 11) is 0. The molecule has 3 aromatic rings. The molecule has 0 spiro atoms. The average molecular weight is 437 g/mol. The SMILES string of the molecule is O=C(O)CCC(=O)Nc1ccc(SCC(=O)n2c3c(c4ccccc42)CCCC3)cc1. The Morgan fingerprint density at radius 2 is 1.71 bits per heavy atom. The molecule has 0 aliphatic heterocycles. The Labute approximate surface area is 184 Å². The predicted octanol–water partition coefficient (Wildman–Crippen LogP) is 4.76. The number of aryl methyl sites for hydroxylation is 1. The van der Waals surface area contributed by atoms with Crippen molar-refractivity contribution in [1.29, 1.82) is 0 Å². The Hall–Kier alpha value is -3.06. The molecule has 0 saturated carbocycles. The van der Waals surface area contributed by atoms with Gasteiger partial charge in [0.15, 0.2) is 0 Å². The van der Waals surface area contributed by atoms with Crippen molar-refractivity contribution in [2.24, 2.45) is 0 Å². The molecule has 1 aliphatic carbocycles. The maximum Gasteiger partial charge on any atom is 0.303 e. The van der Waals surface area contributed by atoms with Gasteiger partial charge in [-0.05, 0) is 61.6 Å². The van der Waals surface area contributed by atoms with Crippen molar-refractivity contribution in [1.82, 2.24) is 4.57 Å². The number of aromatic nitrogens is 1. The van der Waals surface area contributed by atoms with E-state index < -0.39 is 5.97 Å². The number of fused-ring (bicyclic) bond motifs is 3. The van der Waals surface area contributed by atoms with Gasteiger partial charge in [-0.1, -0.05) is 18.2 Å². The number of hydrogen-bond acceptors (Lipinski definition) is 4. The number of carbonyl (C=O) groups is 3. The topological polar surface area (TPSA) is 88.4 Å². The molecule has 1 aromatic heterocycles. The van der Waals surface area contributed by atoms with Gasteiger partial charge in [0.25, 0.3) is 0 Å². The smallest absolute Gasteiger partial charge is 0.303 e. The number of aliphatic carboxylic acids is 1. The van der Waals surface area contributed by atoms with Gasteiger partial charge in [0, 0.05) is 28.1 Å². The fourth-order valence-corrected chi connectivity index (χ4v) is 4.82. The fourth-order valence-electron chi connectivity index (χ4n) is 4.07. The monoisotopic (exact) mass is 436 g/mol. The number of benzene rings is 2. The highest BCUT2D eigenvalue weighted by Gasteiger charge is 2.23. The zero-order chi connectivity index (χ0) is 21.8. The fraction of sp³-hybridized carbons (Fsp3) is 0.292. The van der Waals surface area contributed by atoms with Gasteiger partial charge in [-0.2, -0.15) is 0 Å².